The van der Waals surface area contributed by atoms with Crippen molar-refractivity contribution in [3.8, 4) is 22.8 Å². The van der Waals surface area contributed by atoms with E-state index in [1.807, 2.05) is 18.2 Å². The molecule has 1 N–H and O–H groups in total. The number of nitrogens with zero attached hydrogens (tertiary/aromatic N) is 1. The van der Waals surface area contributed by atoms with E-state index in [1.165, 1.54) is 12.8 Å². The molecule has 112 valence electrons. The van der Waals surface area contributed by atoms with Gasteiger partial charge >= 0.3 is 0 Å². The SMILES string of the molecule is COc1cccc(OC)c1-c1cnc(CCNC2CC2)o1. The van der Waals surface area contributed by atoms with Crippen molar-refractivity contribution in [1.82, 2.24) is 10.3 Å². The zero-order valence-electron chi connectivity index (χ0n) is 12.4. The quantitative estimate of drug-likeness (QED) is 0.849. The number of aromatic nitrogens is 1. The molecule has 0 unspecified atom stereocenters. The minimum absolute atomic E-state index is 0.672. The smallest absolute Gasteiger partial charge is 0.196 e. The zero-order chi connectivity index (χ0) is 14.7. The van der Waals surface area contributed by atoms with Crippen LogP contribution in [-0.2, 0) is 6.42 Å². The first-order valence-corrected chi connectivity index (χ1v) is 7.21. The van der Waals surface area contributed by atoms with E-state index in [2.05, 4.69) is 10.3 Å². The van der Waals surface area contributed by atoms with Crippen molar-refractivity contribution in [2.75, 3.05) is 20.8 Å². The largest absolute Gasteiger partial charge is 0.496 e. The van der Waals surface area contributed by atoms with Crippen LogP contribution in [0.15, 0.2) is 28.8 Å². The molecule has 0 spiro atoms. The lowest BCUT2D eigenvalue weighted by Gasteiger charge is -2.10. The van der Waals surface area contributed by atoms with Crippen LogP contribution in [0, 0.1) is 0 Å². The maximum atomic E-state index is 5.85. The van der Waals surface area contributed by atoms with E-state index in [0.29, 0.717) is 23.3 Å². The highest BCUT2D eigenvalue weighted by molar-refractivity contribution is 5.72. The fourth-order valence-electron chi connectivity index (χ4n) is 2.31. The fourth-order valence-corrected chi connectivity index (χ4v) is 2.31. The van der Waals surface area contributed by atoms with Gasteiger partial charge in [0.1, 0.15) is 17.1 Å². The van der Waals surface area contributed by atoms with Gasteiger partial charge < -0.3 is 19.2 Å². The van der Waals surface area contributed by atoms with Crippen LogP contribution >= 0.6 is 0 Å². The summed E-state index contributed by atoms with van der Waals surface area (Å²) in [6.45, 7) is 0.897. The number of benzene rings is 1. The Labute approximate surface area is 124 Å². The third kappa shape index (κ3) is 3.19. The first-order chi connectivity index (χ1) is 10.3. The number of hydrogen-bond acceptors (Lipinski definition) is 5. The Morgan fingerprint density at radius 3 is 2.57 bits per heavy atom. The summed E-state index contributed by atoms with van der Waals surface area (Å²) in [5.74, 6) is 2.83. The molecule has 1 aromatic heterocycles. The van der Waals surface area contributed by atoms with Gasteiger partial charge in [0.25, 0.3) is 0 Å². The highest BCUT2D eigenvalue weighted by atomic mass is 16.5. The summed E-state index contributed by atoms with van der Waals surface area (Å²) in [7, 11) is 3.27. The van der Waals surface area contributed by atoms with Crippen molar-refractivity contribution in [2.45, 2.75) is 25.3 Å². The van der Waals surface area contributed by atoms with Crippen LogP contribution in [0.2, 0.25) is 0 Å². The molecule has 0 saturated heterocycles. The first kappa shape index (κ1) is 13.9. The number of hydrogen-bond donors (Lipinski definition) is 1. The highest BCUT2D eigenvalue weighted by Crippen LogP contribution is 2.38. The zero-order valence-corrected chi connectivity index (χ0v) is 12.4. The number of rotatable bonds is 7. The normalized spacial score (nSPS) is 14.2. The van der Waals surface area contributed by atoms with E-state index in [9.17, 15) is 0 Å². The van der Waals surface area contributed by atoms with Gasteiger partial charge in [0, 0.05) is 19.0 Å². The minimum atomic E-state index is 0.672. The van der Waals surface area contributed by atoms with Crippen LogP contribution in [0.1, 0.15) is 18.7 Å². The molecular formula is C16H20N2O3. The molecule has 1 aliphatic rings. The van der Waals surface area contributed by atoms with Gasteiger partial charge in [-0.2, -0.15) is 0 Å². The Morgan fingerprint density at radius 2 is 1.95 bits per heavy atom. The third-order valence-corrected chi connectivity index (χ3v) is 3.58. The topological polar surface area (TPSA) is 56.5 Å². The van der Waals surface area contributed by atoms with E-state index in [-0.39, 0.29) is 0 Å². The Morgan fingerprint density at radius 1 is 1.24 bits per heavy atom. The minimum Gasteiger partial charge on any atom is -0.496 e. The predicted octanol–water partition coefficient (Wildman–Crippen LogP) is 2.65. The van der Waals surface area contributed by atoms with Crippen LogP contribution < -0.4 is 14.8 Å². The molecule has 1 aromatic carbocycles. The molecular weight excluding hydrogens is 268 g/mol. The van der Waals surface area contributed by atoms with Crippen molar-refractivity contribution < 1.29 is 13.9 Å². The standard InChI is InChI=1S/C16H20N2O3/c1-19-12-4-3-5-13(20-2)16(12)14-10-18-15(21-14)8-9-17-11-6-7-11/h3-5,10-11,17H,6-9H2,1-2H3. The second kappa shape index (κ2) is 6.18. The Bertz CT molecular complexity index is 583. The van der Waals surface area contributed by atoms with E-state index in [4.69, 9.17) is 13.9 Å². The number of ether oxygens (including phenoxy) is 2. The van der Waals surface area contributed by atoms with Crippen molar-refractivity contribution in [3.63, 3.8) is 0 Å². The summed E-state index contributed by atoms with van der Waals surface area (Å²) in [4.78, 5) is 4.34. The molecule has 1 heterocycles. The lowest BCUT2D eigenvalue weighted by molar-refractivity contribution is 0.393. The van der Waals surface area contributed by atoms with Gasteiger partial charge in [-0.05, 0) is 25.0 Å². The summed E-state index contributed by atoms with van der Waals surface area (Å²) < 4.78 is 16.6. The average molecular weight is 288 g/mol. The van der Waals surface area contributed by atoms with Crippen LogP contribution in [0.4, 0.5) is 0 Å². The van der Waals surface area contributed by atoms with Gasteiger partial charge in [0.05, 0.1) is 20.4 Å². The van der Waals surface area contributed by atoms with Gasteiger partial charge in [-0.15, -0.1) is 0 Å². The number of oxazole rings is 1. The maximum absolute atomic E-state index is 5.85. The van der Waals surface area contributed by atoms with Crippen LogP contribution in [-0.4, -0.2) is 31.8 Å². The molecule has 1 aliphatic carbocycles. The second-order valence-electron chi connectivity index (χ2n) is 5.13. The molecule has 0 radical (unpaired) electrons. The van der Waals surface area contributed by atoms with Crippen molar-refractivity contribution in [3.05, 3.63) is 30.3 Å². The molecule has 2 aromatic rings. The molecule has 1 saturated carbocycles. The van der Waals surface area contributed by atoms with Crippen LogP contribution in [0.3, 0.4) is 0 Å². The van der Waals surface area contributed by atoms with E-state index < -0.39 is 0 Å². The molecule has 5 nitrogen and oxygen atoms in total. The first-order valence-electron chi connectivity index (χ1n) is 7.21. The fraction of sp³-hybridized carbons (Fsp3) is 0.438. The number of methoxy groups -OCH3 is 2. The van der Waals surface area contributed by atoms with Gasteiger partial charge in [0.15, 0.2) is 11.7 Å². The summed E-state index contributed by atoms with van der Waals surface area (Å²) in [5, 5.41) is 3.45. The molecule has 21 heavy (non-hydrogen) atoms. The Balaban J connectivity index is 1.78. The second-order valence-corrected chi connectivity index (χ2v) is 5.13. The molecule has 0 atom stereocenters. The number of nitrogens with one attached hydrogen (secondary N) is 1. The maximum Gasteiger partial charge on any atom is 0.196 e. The van der Waals surface area contributed by atoms with Crippen molar-refractivity contribution in [2.24, 2.45) is 0 Å². The molecule has 0 aliphatic heterocycles. The summed E-state index contributed by atoms with van der Waals surface area (Å²) in [6.07, 6.45) is 5.09. The summed E-state index contributed by atoms with van der Waals surface area (Å²) in [6, 6.07) is 6.36. The van der Waals surface area contributed by atoms with Crippen molar-refractivity contribution in [1.29, 1.82) is 0 Å². The average Bonchev–Trinajstić information content (AvgIpc) is 3.23. The van der Waals surface area contributed by atoms with Gasteiger partial charge in [-0.1, -0.05) is 6.07 Å². The summed E-state index contributed by atoms with van der Waals surface area (Å²) >= 11 is 0. The Hall–Kier alpha value is -2.01. The van der Waals surface area contributed by atoms with Crippen LogP contribution in [0.25, 0.3) is 11.3 Å². The van der Waals surface area contributed by atoms with E-state index in [0.717, 1.165) is 24.4 Å². The van der Waals surface area contributed by atoms with Gasteiger partial charge in [0.2, 0.25) is 0 Å². The van der Waals surface area contributed by atoms with Crippen molar-refractivity contribution >= 4 is 0 Å². The van der Waals surface area contributed by atoms with E-state index in [1.54, 1.807) is 20.4 Å². The molecule has 0 bridgehead atoms. The van der Waals surface area contributed by atoms with Gasteiger partial charge in [-0.25, -0.2) is 4.98 Å². The predicted molar refractivity (Wildman–Crippen MR) is 79.8 cm³/mol. The molecule has 3 rings (SSSR count). The molecule has 1 fully saturated rings. The highest BCUT2D eigenvalue weighted by Gasteiger charge is 2.20. The lowest BCUT2D eigenvalue weighted by atomic mass is 10.1. The summed E-state index contributed by atoms with van der Waals surface area (Å²) in [5.41, 5.74) is 0.802. The van der Waals surface area contributed by atoms with Gasteiger partial charge in [-0.3, -0.25) is 0 Å². The molecule has 5 heteroatoms. The van der Waals surface area contributed by atoms with E-state index >= 15 is 0 Å². The monoisotopic (exact) mass is 288 g/mol. The molecule has 0 amide bonds. The Kier molecular flexibility index (Phi) is 4.10. The third-order valence-electron chi connectivity index (χ3n) is 3.58. The van der Waals surface area contributed by atoms with Crippen LogP contribution in [0.5, 0.6) is 11.5 Å². The lowest BCUT2D eigenvalue weighted by Crippen LogP contribution is -2.19.